The van der Waals surface area contributed by atoms with Gasteiger partial charge in [-0.25, -0.2) is 4.79 Å². The molecule has 1 aromatic rings. The molecule has 2 aliphatic heterocycles. The van der Waals surface area contributed by atoms with Gasteiger partial charge in [-0.15, -0.1) is 0 Å². The highest BCUT2D eigenvalue weighted by Gasteiger charge is 2.24. The van der Waals surface area contributed by atoms with Crippen LogP contribution in [0.25, 0.3) is 0 Å². The van der Waals surface area contributed by atoms with Gasteiger partial charge in [-0.3, -0.25) is 4.90 Å². The Kier molecular flexibility index (Phi) is 6.63. The van der Waals surface area contributed by atoms with E-state index < -0.39 is 0 Å². The van der Waals surface area contributed by atoms with Crippen molar-refractivity contribution in [2.24, 2.45) is 0 Å². The third-order valence-electron chi connectivity index (χ3n) is 4.80. The Morgan fingerprint density at radius 1 is 1.32 bits per heavy atom. The maximum absolute atomic E-state index is 12.2. The highest BCUT2D eigenvalue weighted by Crippen LogP contribution is 2.26. The monoisotopic (exact) mass is 351 g/mol. The highest BCUT2D eigenvalue weighted by atomic mass is 16.5. The van der Waals surface area contributed by atoms with E-state index in [2.05, 4.69) is 27.3 Å². The number of nitrogens with one attached hydrogen (secondary N) is 1. The van der Waals surface area contributed by atoms with Crippen molar-refractivity contribution in [3.63, 3.8) is 0 Å². The summed E-state index contributed by atoms with van der Waals surface area (Å²) in [7, 11) is 0. The van der Waals surface area contributed by atoms with Crippen LogP contribution in [0.4, 0.5) is 4.79 Å². The summed E-state index contributed by atoms with van der Waals surface area (Å²) in [4.78, 5) is 20.9. The van der Waals surface area contributed by atoms with Gasteiger partial charge >= 0.3 is 6.03 Å². The van der Waals surface area contributed by atoms with E-state index in [1.165, 1.54) is 12.8 Å². The van der Waals surface area contributed by atoms with Gasteiger partial charge in [0.05, 0.1) is 0 Å². The number of nitrogens with zero attached hydrogens (tertiary/aromatic N) is 4. The largest absolute Gasteiger partial charge is 0.368 e. The third kappa shape index (κ3) is 5.15. The number of carbonyl (C=O) groups excluding carboxylic acids is 1. The highest BCUT2D eigenvalue weighted by molar-refractivity contribution is 5.74. The molecule has 1 N–H and O–H groups in total. The molecule has 0 bridgehead atoms. The number of aromatic nitrogens is 2. The number of hydrogen-bond donors (Lipinski definition) is 1. The second-order valence-electron chi connectivity index (χ2n) is 6.71. The molecule has 1 aromatic heterocycles. The lowest BCUT2D eigenvalue weighted by Crippen LogP contribution is -2.52. The Hall–Kier alpha value is -1.67. The summed E-state index contributed by atoms with van der Waals surface area (Å²) in [5.74, 6) is 1.18. The summed E-state index contributed by atoms with van der Waals surface area (Å²) in [6.07, 6.45) is 4.92. The molecule has 25 heavy (non-hydrogen) atoms. The van der Waals surface area contributed by atoms with Crippen LogP contribution in [0.2, 0.25) is 0 Å². The first kappa shape index (κ1) is 18.1. The second-order valence-corrected chi connectivity index (χ2v) is 6.71. The summed E-state index contributed by atoms with van der Waals surface area (Å²) >= 11 is 0. The van der Waals surface area contributed by atoms with Crippen molar-refractivity contribution in [2.45, 2.75) is 45.1 Å². The fraction of sp³-hybridized carbons (Fsp3) is 0.824. The topological polar surface area (TPSA) is 83.7 Å². The lowest BCUT2D eigenvalue weighted by molar-refractivity contribution is 0.0835. The quantitative estimate of drug-likeness (QED) is 0.803. The zero-order valence-electron chi connectivity index (χ0n) is 15.1. The van der Waals surface area contributed by atoms with Crippen LogP contribution in [0.5, 0.6) is 0 Å². The Bertz CT molecular complexity index is 536. The number of unbranched alkanes of at least 4 members (excludes halogenated alkanes) is 1. The molecule has 3 rings (SSSR count). The zero-order chi connectivity index (χ0) is 17.5. The Balaban J connectivity index is 1.34. The molecule has 2 saturated heterocycles. The number of urea groups is 1. The van der Waals surface area contributed by atoms with Gasteiger partial charge in [0.2, 0.25) is 0 Å². The molecular weight excluding hydrogens is 322 g/mol. The molecule has 2 amide bonds. The molecule has 0 aliphatic carbocycles. The van der Waals surface area contributed by atoms with Crippen LogP contribution >= 0.6 is 0 Å². The average molecular weight is 351 g/mol. The fourth-order valence-electron chi connectivity index (χ4n) is 3.22. The van der Waals surface area contributed by atoms with Crippen molar-refractivity contribution < 1.29 is 14.1 Å². The van der Waals surface area contributed by atoms with Gasteiger partial charge in [0.1, 0.15) is 6.10 Å². The van der Waals surface area contributed by atoms with E-state index in [0.717, 1.165) is 52.2 Å². The molecule has 0 radical (unpaired) electrons. The van der Waals surface area contributed by atoms with E-state index in [1.807, 2.05) is 4.90 Å². The van der Waals surface area contributed by atoms with Gasteiger partial charge < -0.3 is 19.5 Å². The number of hydrogen-bond acceptors (Lipinski definition) is 6. The van der Waals surface area contributed by atoms with E-state index in [1.54, 1.807) is 0 Å². The number of rotatable bonds is 7. The van der Waals surface area contributed by atoms with Gasteiger partial charge in [-0.05, 0) is 25.8 Å². The van der Waals surface area contributed by atoms with Crippen molar-refractivity contribution in [3.05, 3.63) is 11.7 Å². The first-order valence-corrected chi connectivity index (χ1v) is 9.45. The van der Waals surface area contributed by atoms with E-state index in [4.69, 9.17) is 9.26 Å². The molecule has 0 unspecified atom stereocenters. The minimum atomic E-state index is -0.0557. The molecule has 8 heteroatoms. The SMILES string of the molecule is CCCCN1CCN(C(=O)NCCc2noc([C@H]3CCCO3)n2)CC1. The van der Waals surface area contributed by atoms with Gasteiger partial charge in [0.15, 0.2) is 5.82 Å². The van der Waals surface area contributed by atoms with Gasteiger partial charge in [-0.1, -0.05) is 18.5 Å². The zero-order valence-corrected chi connectivity index (χ0v) is 15.1. The van der Waals surface area contributed by atoms with Crippen molar-refractivity contribution in [1.29, 1.82) is 0 Å². The van der Waals surface area contributed by atoms with Crippen LogP contribution in [0.1, 0.15) is 50.4 Å². The molecule has 2 fully saturated rings. The van der Waals surface area contributed by atoms with Crippen molar-refractivity contribution in [3.8, 4) is 0 Å². The summed E-state index contributed by atoms with van der Waals surface area (Å²) < 4.78 is 10.8. The minimum absolute atomic E-state index is 0.00186. The van der Waals surface area contributed by atoms with Crippen LogP contribution in [-0.2, 0) is 11.2 Å². The lowest BCUT2D eigenvalue weighted by atomic mass is 10.2. The molecule has 1 atom stereocenters. The smallest absolute Gasteiger partial charge is 0.317 e. The van der Waals surface area contributed by atoms with E-state index >= 15 is 0 Å². The van der Waals surface area contributed by atoms with Crippen molar-refractivity contribution >= 4 is 6.03 Å². The van der Waals surface area contributed by atoms with Crippen LogP contribution in [-0.4, -0.2) is 71.8 Å². The van der Waals surface area contributed by atoms with Gasteiger partial charge in [0.25, 0.3) is 5.89 Å². The average Bonchev–Trinajstić information content (AvgIpc) is 3.31. The lowest BCUT2D eigenvalue weighted by Gasteiger charge is -2.34. The Morgan fingerprint density at radius 3 is 2.88 bits per heavy atom. The minimum Gasteiger partial charge on any atom is -0.368 e. The third-order valence-corrected chi connectivity index (χ3v) is 4.80. The summed E-state index contributed by atoms with van der Waals surface area (Å²) in [6, 6.07) is -0.00186. The van der Waals surface area contributed by atoms with E-state index in [9.17, 15) is 4.79 Å². The second kappa shape index (κ2) is 9.15. The molecular formula is C17H29N5O3. The maximum Gasteiger partial charge on any atom is 0.317 e. The van der Waals surface area contributed by atoms with Crippen LogP contribution in [0, 0.1) is 0 Å². The van der Waals surface area contributed by atoms with Gasteiger partial charge in [0, 0.05) is 45.8 Å². The van der Waals surface area contributed by atoms with Crippen molar-refractivity contribution in [2.75, 3.05) is 45.9 Å². The normalized spacial score (nSPS) is 21.6. The molecule has 2 aliphatic rings. The molecule has 8 nitrogen and oxygen atoms in total. The molecule has 0 saturated carbocycles. The maximum atomic E-state index is 12.2. The molecule has 3 heterocycles. The number of carbonyl (C=O) groups is 1. The number of ether oxygens (including phenoxy) is 1. The fourth-order valence-corrected chi connectivity index (χ4v) is 3.22. The number of piperazine rings is 1. The van der Waals surface area contributed by atoms with Crippen LogP contribution < -0.4 is 5.32 Å². The van der Waals surface area contributed by atoms with Crippen molar-refractivity contribution in [1.82, 2.24) is 25.3 Å². The summed E-state index contributed by atoms with van der Waals surface area (Å²) in [6.45, 7) is 8.12. The first-order valence-electron chi connectivity index (χ1n) is 9.45. The van der Waals surface area contributed by atoms with Crippen LogP contribution in [0.15, 0.2) is 4.52 Å². The molecule has 140 valence electrons. The predicted octanol–water partition coefficient (Wildman–Crippen LogP) is 1.59. The molecule has 0 spiro atoms. The first-order chi connectivity index (χ1) is 12.3. The Labute approximate surface area is 148 Å². The summed E-state index contributed by atoms with van der Waals surface area (Å²) in [5, 5.41) is 6.92. The van der Waals surface area contributed by atoms with E-state index in [0.29, 0.717) is 24.7 Å². The molecule has 0 aromatic carbocycles. The van der Waals surface area contributed by atoms with E-state index in [-0.39, 0.29) is 12.1 Å². The standard InChI is InChI=1S/C17H29N5O3/c1-2-3-8-21-9-11-22(12-10-21)17(23)18-7-6-15-19-16(25-20-15)14-5-4-13-24-14/h14H,2-13H2,1H3,(H,18,23)/t14-/m1/s1. The summed E-state index contributed by atoms with van der Waals surface area (Å²) in [5.41, 5.74) is 0. The van der Waals surface area contributed by atoms with Crippen LogP contribution in [0.3, 0.4) is 0 Å². The predicted molar refractivity (Wildman–Crippen MR) is 92.2 cm³/mol. The van der Waals surface area contributed by atoms with Gasteiger partial charge in [-0.2, -0.15) is 4.98 Å². The Morgan fingerprint density at radius 2 is 2.16 bits per heavy atom. The number of amides is 2.